The minimum atomic E-state index is 0.0215. The van der Waals surface area contributed by atoms with E-state index in [1.807, 2.05) is 22.8 Å². The molecule has 0 atom stereocenters. The van der Waals surface area contributed by atoms with Crippen LogP contribution in [0, 0.1) is 0 Å². The predicted molar refractivity (Wildman–Crippen MR) is 219 cm³/mol. The highest BCUT2D eigenvalue weighted by Crippen LogP contribution is 2.36. The Morgan fingerprint density at radius 1 is 0.365 bits per heavy atom. The van der Waals surface area contributed by atoms with Gasteiger partial charge in [0.25, 0.3) is 5.56 Å². The molecule has 9 aromatic rings. The molecule has 0 radical (unpaired) electrons. The van der Waals surface area contributed by atoms with Crippen LogP contribution in [-0.2, 0) is 0 Å². The van der Waals surface area contributed by atoms with Crippen molar-refractivity contribution in [1.29, 1.82) is 0 Å². The van der Waals surface area contributed by atoms with Crippen LogP contribution in [0.3, 0.4) is 0 Å². The molecule has 0 saturated carbocycles. The summed E-state index contributed by atoms with van der Waals surface area (Å²) >= 11 is 0. The largest absolute Gasteiger partial charge is 0.309 e. The lowest BCUT2D eigenvalue weighted by Gasteiger charge is -2.21. The minimum Gasteiger partial charge on any atom is -0.309 e. The van der Waals surface area contributed by atoms with Crippen LogP contribution in [0.4, 0.5) is 0 Å². The van der Waals surface area contributed by atoms with Gasteiger partial charge in [-0.05, 0) is 106 Å². The van der Waals surface area contributed by atoms with Crippen LogP contribution in [0.5, 0.6) is 0 Å². The van der Waals surface area contributed by atoms with Crippen molar-refractivity contribution >= 4 is 54.8 Å². The molecule has 3 heteroatoms. The molecule has 0 spiro atoms. The zero-order valence-electron chi connectivity index (χ0n) is 28.5. The molecule has 0 saturated heterocycles. The summed E-state index contributed by atoms with van der Waals surface area (Å²) in [6.45, 7) is 0. The van der Waals surface area contributed by atoms with E-state index in [1.54, 1.807) is 0 Å². The van der Waals surface area contributed by atoms with Gasteiger partial charge in [-0.3, -0.25) is 9.36 Å². The molecule has 0 amide bonds. The second kappa shape index (κ2) is 12.3. The maximum atomic E-state index is 14.4. The van der Waals surface area contributed by atoms with Crippen LogP contribution in [0.15, 0.2) is 187 Å². The topological polar surface area (TPSA) is 26.9 Å². The SMILES string of the molecule is O=c1c2ccc(-c3ccccc3)cc2c2cc(-c3ccccc3)ccc2n1C1=CC=C(c2ccc(-n3c4ccccc4c4ccccc43)cc2)CC1. The Morgan fingerprint density at radius 3 is 1.52 bits per heavy atom. The molecular formula is C49H34N2O. The van der Waals surface area contributed by atoms with Crippen LogP contribution in [0.25, 0.3) is 82.7 Å². The van der Waals surface area contributed by atoms with Crippen molar-refractivity contribution in [3.63, 3.8) is 0 Å². The van der Waals surface area contributed by atoms with Gasteiger partial charge >= 0.3 is 0 Å². The molecule has 10 rings (SSSR count). The summed E-state index contributed by atoms with van der Waals surface area (Å²) in [4.78, 5) is 14.4. The summed E-state index contributed by atoms with van der Waals surface area (Å²) in [5, 5.41) is 5.31. The Labute approximate surface area is 301 Å². The first kappa shape index (κ1) is 30.1. The fraction of sp³-hybridized carbons (Fsp3) is 0.0408. The number of hydrogen-bond acceptors (Lipinski definition) is 1. The number of allylic oxidation sites excluding steroid dienone is 4. The summed E-state index contributed by atoms with van der Waals surface area (Å²) in [5.74, 6) is 0. The highest BCUT2D eigenvalue weighted by Gasteiger charge is 2.19. The number of rotatable bonds is 5. The highest BCUT2D eigenvalue weighted by molar-refractivity contribution is 6.10. The lowest BCUT2D eigenvalue weighted by molar-refractivity contribution is 0.951. The Kier molecular flexibility index (Phi) is 7.10. The summed E-state index contributed by atoms with van der Waals surface area (Å²) in [6, 6.07) is 59.8. The van der Waals surface area contributed by atoms with Crippen molar-refractivity contribution in [1.82, 2.24) is 9.13 Å². The molecule has 246 valence electrons. The van der Waals surface area contributed by atoms with Crippen molar-refractivity contribution < 1.29 is 0 Å². The van der Waals surface area contributed by atoms with Crippen LogP contribution in [0.2, 0.25) is 0 Å². The number of fused-ring (bicyclic) bond motifs is 6. The van der Waals surface area contributed by atoms with Gasteiger partial charge in [-0.2, -0.15) is 0 Å². The number of para-hydroxylation sites is 2. The molecule has 2 aromatic heterocycles. The number of pyridine rings is 1. The van der Waals surface area contributed by atoms with E-state index in [0.717, 1.165) is 68.2 Å². The van der Waals surface area contributed by atoms with Gasteiger partial charge in [-0.25, -0.2) is 0 Å². The third-order valence-corrected chi connectivity index (χ3v) is 10.7. The van der Waals surface area contributed by atoms with Crippen LogP contribution in [0.1, 0.15) is 18.4 Å². The van der Waals surface area contributed by atoms with E-state index in [1.165, 1.54) is 32.9 Å². The second-order valence-electron chi connectivity index (χ2n) is 13.6. The number of benzene rings is 7. The van der Waals surface area contributed by atoms with Crippen LogP contribution < -0.4 is 5.56 Å². The van der Waals surface area contributed by atoms with E-state index < -0.39 is 0 Å². The van der Waals surface area contributed by atoms with E-state index in [-0.39, 0.29) is 5.56 Å². The van der Waals surface area contributed by atoms with E-state index in [0.29, 0.717) is 0 Å². The fourth-order valence-corrected chi connectivity index (χ4v) is 8.11. The second-order valence-corrected chi connectivity index (χ2v) is 13.6. The quantitative estimate of drug-likeness (QED) is 0.168. The summed E-state index contributed by atoms with van der Waals surface area (Å²) < 4.78 is 4.30. The highest BCUT2D eigenvalue weighted by atomic mass is 16.1. The molecular weight excluding hydrogens is 633 g/mol. The predicted octanol–water partition coefficient (Wildman–Crippen LogP) is 12.3. The standard InChI is InChI=1S/C49H34N2O/c52-49-43-29-23-37(33-11-3-1-4-12-33)31-44(43)45-32-38(34-13-5-2-6-14-34)24-30-48(45)51(49)40-27-21-36(22-28-40)35-19-25-39(26-20-35)50-46-17-9-7-15-41(46)42-16-8-10-18-47(42)50/h1-21,23-27,29-32H,22,28H2. The number of aromatic nitrogens is 2. The van der Waals surface area contributed by atoms with Gasteiger partial charge in [0.15, 0.2) is 0 Å². The number of nitrogens with zero attached hydrogens (tertiary/aromatic N) is 2. The Hall–Kier alpha value is -6.71. The van der Waals surface area contributed by atoms with E-state index in [2.05, 4.69) is 168 Å². The maximum absolute atomic E-state index is 14.4. The van der Waals surface area contributed by atoms with Gasteiger partial charge in [-0.1, -0.05) is 127 Å². The molecule has 1 aliphatic rings. The van der Waals surface area contributed by atoms with E-state index in [9.17, 15) is 4.79 Å². The zero-order chi connectivity index (χ0) is 34.6. The first-order chi connectivity index (χ1) is 25.7. The summed E-state index contributed by atoms with van der Waals surface area (Å²) in [6.07, 6.45) is 5.97. The van der Waals surface area contributed by atoms with Gasteiger partial charge in [-0.15, -0.1) is 0 Å². The van der Waals surface area contributed by atoms with Crippen molar-refractivity contribution in [2.24, 2.45) is 0 Å². The normalized spacial score (nSPS) is 13.2. The zero-order valence-corrected chi connectivity index (χ0v) is 28.5. The van der Waals surface area contributed by atoms with Gasteiger partial charge in [0.2, 0.25) is 0 Å². The maximum Gasteiger partial charge on any atom is 0.263 e. The first-order valence-corrected chi connectivity index (χ1v) is 17.9. The van der Waals surface area contributed by atoms with Crippen molar-refractivity contribution in [2.75, 3.05) is 0 Å². The molecule has 0 bridgehead atoms. The monoisotopic (exact) mass is 666 g/mol. The van der Waals surface area contributed by atoms with E-state index in [4.69, 9.17) is 0 Å². The summed E-state index contributed by atoms with van der Waals surface area (Å²) in [7, 11) is 0. The van der Waals surface area contributed by atoms with Crippen LogP contribution >= 0.6 is 0 Å². The van der Waals surface area contributed by atoms with Gasteiger partial charge in [0.05, 0.1) is 16.6 Å². The molecule has 7 aromatic carbocycles. The van der Waals surface area contributed by atoms with Crippen molar-refractivity contribution in [3.05, 3.63) is 198 Å². The lowest BCUT2D eigenvalue weighted by Crippen LogP contribution is -2.21. The van der Waals surface area contributed by atoms with Gasteiger partial charge in [0.1, 0.15) is 0 Å². The Bertz CT molecular complexity index is 2890. The molecule has 2 heterocycles. The molecule has 1 aliphatic carbocycles. The lowest BCUT2D eigenvalue weighted by atomic mass is 9.94. The van der Waals surface area contributed by atoms with Crippen LogP contribution in [-0.4, -0.2) is 9.13 Å². The number of hydrogen-bond donors (Lipinski definition) is 0. The fourth-order valence-electron chi connectivity index (χ4n) is 8.11. The Morgan fingerprint density at radius 2 is 0.904 bits per heavy atom. The molecule has 3 nitrogen and oxygen atoms in total. The van der Waals surface area contributed by atoms with Crippen molar-refractivity contribution in [3.8, 4) is 27.9 Å². The van der Waals surface area contributed by atoms with E-state index >= 15 is 0 Å². The average molecular weight is 667 g/mol. The first-order valence-electron chi connectivity index (χ1n) is 17.9. The van der Waals surface area contributed by atoms with Crippen molar-refractivity contribution in [2.45, 2.75) is 12.8 Å². The smallest absolute Gasteiger partial charge is 0.263 e. The van der Waals surface area contributed by atoms with Gasteiger partial charge in [0, 0.05) is 32.9 Å². The summed E-state index contributed by atoms with van der Waals surface area (Å²) in [5.41, 5.74) is 12.5. The Balaban J connectivity index is 1.07. The molecule has 0 N–H and O–H groups in total. The molecule has 0 aliphatic heterocycles. The molecule has 0 unspecified atom stereocenters. The van der Waals surface area contributed by atoms with Gasteiger partial charge < -0.3 is 4.57 Å². The molecule has 52 heavy (non-hydrogen) atoms. The third kappa shape index (κ3) is 4.93. The molecule has 0 fully saturated rings. The third-order valence-electron chi connectivity index (χ3n) is 10.7. The average Bonchev–Trinajstić information content (AvgIpc) is 3.56. The minimum absolute atomic E-state index is 0.0215.